The Balaban J connectivity index is 0.804. The zero-order valence-electron chi connectivity index (χ0n) is 44.1. The number of hydrogen-bond donors (Lipinski definition) is 2. The molecule has 10 aliphatic heterocycles. The molecular formula is C55H81NO16Si. The van der Waals surface area contributed by atoms with Crippen molar-refractivity contribution < 1.29 is 76.0 Å². The maximum atomic E-state index is 14.0. The molecule has 1 aromatic carbocycles. The van der Waals surface area contributed by atoms with E-state index in [1.165, 1.54) is 0 Å². The number of fused-ring (bicyclic) bond motifs is 1. The predicted octanol–water partition coefficient (Wildman–Crippen LogP) is 6.81. The lowest BCUT2D eigenvalue weighted by molar-refractivity contribution is -0.311. The lowest BCUT2D eigenvalue weighted by Crippen LogP contribution is -2.68. The van der Waals surface area contributed by atoms with E-state index in [9.17, 15) is 14.7 Å². The molecule has 1 spiro atoms. The van der Waals surface area contributed by atoms with E-state index in [-0.39, 0.29) is 60.7 Å². The second kappa shape index (κ2) is 20.9. The third kappa shape index (κ3) is 10.2. The molecule has 6 bridgehead atoms. The molecule has 17 nitrogen and oxygen atoms in total. The molecule has 18 heteroatoms. The van der Waals surface area contributed by atoms with Crippen LogP contribution in [0.4, 0.5) is 0 Å². The van der Waals surface area contributed by atoms with Crippen molar-refractivity contribution in [3.05, 3.63) is 54.1 Å². The van der Waals surface area contributed by atoms with Gasteiger partial charge in [-0.3, -0.25) is 4.79 Å². The molecule has 406 valence electrons. The maximum absolute atomic E-state index is 14.0. The van der Waals surface area contributed by atoms with Crippen molar-refractivity contribution in [2.45, 2.75) is 251 Å². The van der Waals surface area contributed by atoms with Crippen LogP contribution in [0, 0.1) is 5.92 Å². The molecule has 10 aliphatic rings. The Labute approximate surface area is 431 Å². The summed E-state index contributed by atoms with van der Waals surface area (Å²) in [6.45, 7) is 24.3. The van der Waals surface area contributed by atoms with Crippen LogP contribution in [0.3, 0.4) is 0 Å². The van der Waals surface area contributed by atoms with E-state index in [0.29, 0.717) is 45.1 Å². The number of rotatable bonds is 18. The standard InChI is InChI=1S/C55H81NO16Si/c1-11-37-30(3)24-36(62-37)18-21-54-52-55(71-51(67-52)32-12-15-34(60-8)16-13-32)50(70-54)49-48(69-55)43(68-54)26-35(63-49)17-14-33(58)25-44(59)66-47-41(27-39-31(4)29(2)20-23-61-39)64-42-28-40(72-73(9,10)53(5,6)7)38(19-22-57)65-46(42)45(47)56/h12-13,15-16,22,29,33,35-43,45-52,58H,3-4,11,14,17-21,23-28,56H2,1-2,5-10H3/t29-,33?,35+,36+,37?,38?,39?,40?,41?,42+,43+,45+,46-,47+,48-,49-,50-,51+,52+,54-,55?/m1/s1. The van der Waals surface area contributed by atoms with Gasteiger partial charge < -0.3 is 76.9 Å². The fraction of sp³-hybridized carbons (Fsp3) is 0.782. The van der Waals surface area contributed by atoms with Gasteiger partial charge in [0.1, 0.15) is 42.6 Å². The second-order valence-electron chi connectivity index (χ2n) is 23.8. The number of carbonyl (C=O) groups is 2. The first kappa shape index (κ1) is 53.7. The Kier molecular flexibility index (Phi) is 15.4. The van der Waals surface area contributed by atoms with Crippen LogP contribution in [0.5, 0.6) is 5.75 Å². The highest BCUT2D eigenvalue weighted by atomic mass is 28.4. The fourth-order valence-corrected chi connectivity index (χ4v) is 14.1. The highest BCUT2D eigenvalue weighted by Gasteiger charge is 2.82. The predicted molar refractivity (Wildman–Crippen MR) is 267 cm³/mol. The van der Waals surface area contributed by atoms with E-state index in [4.69, 9.17) is 67.0 Å². The van der Waals surface area contributed by atoms with Gasteiger partial charge in [-0.15, -0.1) is 0 Å². The molecule has 0 aromatic heterocycles. The van der Waals surface area contributed by atoms with Crippen LogP contribution in [0.2, 0.25) is 18.1 Å². The third-order valence-corrected chi connectivity index (χ3v) is 22.4. The van der Waals surface area contributed by atoms with Crippen LogP contribution in [0.15, 0.2) is 48.6 Å². The molecule has 73 heavy (non-hydrogen) atoms. The van der Waals surface area contributed by atoms with E-state index in [0.717, 1.165) is 48.0 Å². The first-order valence-corrected chi connectivity index (χ1v) is 30.0. The molecule has 10 saturated heterocycles. The maximum Gasteiger partial charge on any atom is 0.308 e. The van der Waals surface area contributed by atoms with Crippen LogP contribution in [-0.2, 0) is 66.1 Å². The number of esters is 1. The summed E-state index contributed by atoms with van der Waals surface area (Å²) in [5.41, 5.74) is 9.94. The highest BCUT2D eigenvalue weighted by Crippen LogP contribution is 2.64. The zero-order valence-corrected chi connectivity index (χ0v) is 45.1. The molecule has 11 rings (SSSR count). The van der Waals surface area contributed by atoms with Gasteiger partial charge in [0, 0.05) is 44.3 Å². The minimum Gasteiger partial charge on any atom is -0.497 e. The number of methoxy groups -OCH3 is 1. The summed E-state index contributed by atoms with van der Waals surface area (Å²) < 4.78 is 86.0. The number of aldehydes is 1. The van der Waals surface area contributed by atoms with Crippen LogP contribution >= 0.6 is 0 Å². The zero-order chi connectivity index (χ0) is 51.8. The van der Waals surface area contributed by atoms with Gasteiger partial charge in [0.05, 0.1) is 80.6 Å². The molecule has 3 N–H and O–H groups in total. The van der Waals surface area contributed by atoms with Gasteiger partial charge in [0.15, 0.2) is 20.7 Å². The monoisotopic (exact) mass is 1040 g/mol. The van der Waals surface area contributed by atoms with Crippen LogP contribution in [0.1, 0.15) is 124 Å². The molecule has 7 unspecified atom stereocenters. The molecule has 0 amide bonds. The van der Waals surface area contributed by atoms with Crippen LogP contribution < -0.4 is 10.5 Å². The van der Waals surface area contributed by atoms with Crippen molar-refractivity contribution in [1.82, 2.24) is 0 Å². The van der Waals surface area contributed by atoms with E-state index in [2.05, 4.69) is 60.9 Å². The van der Waals surface area contributed by atoms with Gasteiger partial charge in [-0.1, -0.05) is 59.9 Å². The minimum absolute atomic E-state index is 0.0270. The Morgan fingerprint density at radius 2 is 1.73 bits per heavy atom. The summed E-state index contributed by atoms with van der Waals surface area (Å²) in [6.07, 6.45) is -2.64. The topological polar surface area (TPSA) is 200 Å². The van der Waals surface area contributed by atoms with Crippen molar-refractivity contribution >= 4 is 20.6 Å². The van der Waals surface area contributed by atoms with Gasteiger partial charge in [0.2, 0.25) is 11.6 Å². The average Bonchev–Trinajstić information content (AvgIpc) is 4.04. The summed E-state index contributed by atoms with van der Waals surface area (Å²) in [6, 6.07) is 6.78. The Bertz CT molecular complexity index is 2170. The summed E-state index contributed by atoms with van der Waals surface area (Å²) in [5.74, 6) is -2.14. The molecule has 0 aliphatic carbocycles. The number of carbonyl (C=O) groups excluding carboxylic acids is 2. The summed E-state index contributed by atoms with van der Waals surface area (Å²) in [4.78, 5) is 26.0. The second-order valence-corrected chi connectivity index (χ2v) is 28.6. The molecular weight excluding hydrogens is 959 g/mol. The van der Waals surface area contributed by atoms with Gasteiger partial charge in [-0.05, 0) is 85.9 Å². The van der Waals surface area contributed by atoms with Crippen molar-refractivity contribution in [2.24, 2.45) is 11.7 Å². The van der Waals surface area contributed by atoms with Gasteiger partial charge >= 0.3 is 5.97 Å². The normalized spacial score (nSPS) is 43.4. The smallest absolute Gasteiger partial charge is 0.308 e. The molecule has 21 atom stereocenters. The minimum atomic E-state index is -2.27. The number of ether oxygens (including phenoxy) is 12. The van der Waals surface area contributed by atoms with E-state index in [1.54, 1.807) is 7.11 Å². The average molecular weight is 1040 g/mol. The van der Waals surface area contributed by atoms with E-state index < -0.39 is 105 Å². The fourth-order valence-electron chi connectivity index (χ4n) is 12.7. The van der Waals surface area contributed by atoms with Gasteiger partial charge in [0.25, 0.3) is 0 Å². The summed E-state index contributed by atoms with van der Waals surface area (Å²) in [5, 5.41) is 11.5. The van der Waals surface area contributed by atoms with Gasteiger partial charge in [-0.2, -0.15) is 0 Å². The molecule has 1 aromatic rings. The molecule has 0 saturated carbocycles. The number of aliphatic hydroxyl groups excluding tert-OH is 1. The van der Waals surface area contributed by atoms with Gasteiger partial charge in [-0.25, -0.2) is 0 Å². The quantitative estimate of drug-likeness (QED) is 0.0672. The van der Waals surface area contributed by atoms with Crippen molar-refractivity contribution in [1.29, 1.82) is 0 Å². The Morgan fingerprint density at radius 1 is 0.945 bits per heavy atom. The first-order chi connectivity index (χ1) is 34.7. The lowest BCUT2D eigenvalue weighted by Gasteiger charge is -2.52. The molecule has 10 heterocycles. The number of hydrogen-bond acceptors (Lipinski definition) is 17. The van der Waals surface area contributed by atoms with Crippen molar-refractivity contribution in [3.8, 4) is 5.75 Å². The molecule has 10 fully saturated rings. The van der Waals surface area contributed by atoms with Crippen LogP contribution in [0.25, 0.3) is 0 Å². The third-order valence-electron chi connectivity index (χ3n) is 17.9. The number of nitrogens with two attached hydrogens (primary N) is 1. The lowest BCUT2D eigenvalue weighted by atomic mass is 9.83. The summed E-state index contributed by atoms with van der Waals surface area (Å²) >= 11 is 0. The Hall–Kier alpha value is -2.66. The largest absolute Gasteiger partial charge is 0.497 e. The summed E-state index contributed by atoms with van der Waals surface area (Å²) in [7, 11) is -0.649. The van der Waals surface area contributed by atoms with E-state index in [1.807, 2.05) is 24.3 Å². The first-order valence-electron chi connectivity index (χ1n) is 27.1. The van der Waals surface area contributed by atoms with Crippen LogP contribution in [-0.4, -0.2) is 155 Å². The van der Waals surface area contributed by atoms with E-state index >= 15 is 0 Å². The Morgan fingerprint density at radius 3 is 2.44 bits per heavy atom. The SMILES string of the molecule is C=C1C[C@H](CC[C@]23O[C@H]4C[C@H](CCC(O)CC(=O)O[C@H]5C(CC6OCC[C@@H](C)C6=C)O[C@H]6CC(O[Si](C)(C)C(C)(C)C)C(CC=O)O[C@H]6[C@@H]5N)O[C@@H]5[C@@H]4OC4(O[C@@H](c6ccc(OC)cc6)O[C@H]42)[C@@H]5O3)OC1CC. The number of benzene rings is 1. The highest BCUT2D eigenvalue weighted by molar-refractivity contribution is 6.74. The number of aliphatic hydroxyl groups is 1. The van der Waals surface area contributed by atoms with Crippen molar-refractivity contribution in [2.75, 3.05) is 13.7 Å². The van der Waals surface area contributed by atoms with Crippen molar-refractivity contribution in [3.63, 3.8) is 0 Å². The molecule has 0 radical (unpaired) electrons.